The van der Waals surface area contributed by atoms with Gasteiger partial charge in [0.05, 0.1) is 17.7 Å². The van der Waals surface area contributed by atoms with Crippen molar-refractivity contribution in [2.45, 2.75) is 5.92 Å². The third-order valence-corrected chi connectivity index (χ3v) is 3.54. The Morgan fingerprint density at radius 2 is 1.55 bits per heavy atom. The lowest BCUT2D eigenvalue weighted by Gasteiger charge is -2.13. The Bertz CT molecular complexity index is 961. The van der Waals surface area contributed by atoms with Gasteiger partial charge in [-0.05, 0) is 23.8 Å². The van der Waals surface area contributed by atoms with Gasteiger partial charge in [0, 0.05) is 17.1 Å². The zero-order chi connectivity index (χ0) is 15.5. The highest BCUT2D eigenvalue weighted by Crippen LogP contribution is 2.25. The highest BCUT2D eigenvalue weighted by molar-refractivity contribution is 5.85. The number of nitrogens with zero attached hydrogens (tertiary/aromatic N) is 3. The highest BCUT2D eigenvalue weighted by atomic mass is 16.1. The lowest BCUT2D eigenvalue weighted by molar-refractivity contribution is 1.01. The number of nitriles is 2. The Hall–Kier alpha value is -3.37. The van der Waals surface area contributed by atoms with Gasteiger partial charge in [0.1, 0.15) is 0 Å². The van der Waals surface area contributed by atoms with Crippen LogP contribution in [-0.4, -0.2) is 4.57 Å². The molecule has 0 atom stereocenters. The second-order valence-corrected chi connectivity index (χ2v) is 4.82. The molecule has 0 fully saturated rings. The molecular weight excluding hydrogens is 274 g/mol. The largest absolute Gasteiger partial charge is 0.277 e. The van der Waals surface area contributed by atoms with Crippen molar-refractivity contribution in [1.82, 2.24) is 4.57 Å². The van der Waals surface area contributed by atoms with E-state index >= 15 is 0 Å². The highest BCUT2D eigenvalue weighted by Gasteiger charge is 2.17. The predicted octanol–water partition coefficient (Wildman–Crippen LogP) is 3.12. The topological polar surface area (TPSA) is 69.6 Å². The fourth-order valence-electron chi connectivity index (χ4n) is 2.56. The van der Waals surface area contributed by atoms with Gasteiger partial charge in [0.15, 0.2) is 5.92 Å². The molecule has 0 saturated carbocycles. The van der Waals surface area contributed by atoms with Crippen LogP contribution in [0.4, 0.5) is 0 Å². The van der Waals surface area contributed by atoms with Crippen LogP contribution >= 0.6 is 0 Å². The van der Waals surface area contributed by atoms with Crippen molar-refractivity contribution in [2.75, 3.05) is 0 Å². The maximum atomic E-state index is 12.5. The molecule has 104 valence electrons. The summed E-state index contributed by atoms with van der Waals surface area (Å²) in [5, 5.41) is 19.0. The molecule has 0 N–H and O–H groups in total. The second-order valence-electron chi connectivity index (χ2n) is 4.82. The van der Waals surface area contributed by atoms with Gasteiger partial charge in [-0.1, -0.05) is 36.4 Å². The van der Waals surface area contributed by atoms with E-state index in [1.54, 1.807) is 4.57 Å². The molecule has 0 aliphatic rings. The standard InChI is InChI=1S/C18H11N3O/c19-11-13(12-20)16-10-18(22)21(14-6-2-1-3-7-14)17-9-5-4-8-15(16)17/h1-10,13H. The SMILES string of the molecule is N#CC(C#N)c1cc(=O)n(-c2ccccc2)c2ccccc12. The Balaban J connectivity index is 2.42. The molecule has 0 amide bonds. The first-order chi connectivity index (χ1) is 10.8. The van der Waals surface area contributed by atoms with Crippen LogP contribution in [0.15, 0.2) is 65.5 Å². The van der Waals surface area contributed by atoms with Crippen molar-refractivity contribution in [2.24, 2.45) is 0 Å². The molecule has 0 aliphatic heterocycles. The Kier molecular flexibility index (Phi) is 3.43. The molecule has 0 radical (unpaired) electrons. The summed E-state index contributed by atoms with van der Waals surface area (Å²) in [7, 11) is 0. The third kappa shape index (κ3) is 2.13. The number of para-hydroxylation sites is 2. The smallest absolute Gasteiger partial charge is 0.255 e. The lowest BCUT2D eigenvalue weighted by atomic mass is 9.97. The normalized spacial score (nSPS) is 10.3. The Morgan fingerprint density at radius 3 is 2.23 bits per heavy atom. The molecule has 4 nitrogen and oxygen atoms in total. The summed E-state index contributed by atoms with van der Waals surface area (Å²) >= 11 is 0. The number of rotatable bonds is 2. The van der Waals surface area contributed by atoms with Crippen LogP contribution in [0.5, 0.6) is 0 Å². The second kappa shape index (κ2) is 5.55. The molecule has 22 heavy (non-hydrogen) atoms. The maximum absolute atomic E-state index is 12.5. The molecule has 0 bridgehead atoms. The van der Waals surface area contributed by atoms with Crippen LogP contribution in [-0.2, 0) is 0 Å². The first-order valence-corrected chi connectivity index (χ1v) is 6.75. The summed E-state index contributed by atoms with van der Waals surface area (Å²) in [4.78, 5) is 12.5. The zero-order valence-corrected chi connectivity index (χ0v) is 11.6. The minimum Gasteiger partial charge on any atom is -0.277 e. The quantitative estimate of drug-likeness (QED) is 0.726. The summed E-state index contributed by atoms with van der Waals surface area (Å²) < 4.78 is 1.59. The molecule has 3 rings (SSSR count). The van der Waals surface area contributed by atoms with Crippen LogP contribution in [0.2, 0.25) is 0 Å². The van der Waals surface area contributed by atoms with E-state index in [9.17, 15) is 4.79 Å². The van der Waals surface area contributed by atoms with Crippen LogP contribution < -0.4 is 5.56 Å². The summed E-state index contributed by atoms with van der Waals surface area (Å²) in [6, 6.07) is 21.9. The average molecular weight is 285 g/mol. The van der Waals surface area contributed by atoms with Crippen LogP contribution in [0, 0.1) is 22.7 Å². The van der Waals surface area contributed by atoms with E-state index in [2.05, 4.69) is 0 Å². The number of fused-ring (bicyclic) bond motifs is 1. The minimum absolute atomic E-state index is 0.254. The number of hydrogen-bond acceptors (Lipinski definition) is 3. The van der Waals surface area contributed by atoms with Crippen molar-refractivity contribution in [3.8, 4) is 17.8 Å². The van der Waals surface area contributed by atoms with Gasteiger partial charge in [-0.25, -0.2) is 0 Å². The van der Waals surface area contributed by atoms with Crippen molar-refractivity contribution in [1.29, 1.82) is 10.5 Å². The third-order valence-electron chi connectivity index (χ3n) is 3.54. The summed E-state index contributed by atoms with van der Waals surface area (Å²) in [5.41, 5.74) is 1.64. The van der Waals surface area contributed by atoms with Crippen molar-refractivity contribution in [3.63, 3.8) is 0 Å². The van der Waals surface area contributed by atoms with Crippen molar-refractivity contribution < 1.29 is 0 Å². The first-order valence-electron chi connectivity index (χ1n) is 6.75. The molecule has 0 saturated heterocycles. The summed E-state index contributed by atoms with van der Waals surface area (Å²) in [6.45, 7) is 0. The van der Waals surface area contributed by atoms with Gasteiger partial charge >= 0.3 is 0 Å². The average Bonchev–Trinajstić information content (AvgIpc) is 2.57. The van der Waals surface area contributed by atoms with Crippen molar-refractivity contribution in [3.05, 3.63) is 76.6 Å². The monoisotopic (exact) mass is 285 g/mol. The van der Waals surface area contributed by atoms with E-state index in [0.717, 1.165) is 11.1 Å². The van der Waals surface area contributed by atoms with Gasteiger partial charge in [-0.15, -0.1) is 0 Å². The molecule has 1 aromatic heterocycles. The molecule has 1 heterocycles. The van der Waals surface area contributed by atoms with Gasteiger partial charge in [-0.2, -0.15) is 10.5 Å². The lowest BCUT2D eigenvalue weighted by Crippen LogP contribution is -2.19. The fourth-order valence-corrected chi connectivity index (χ4v) is 2.56. The summed E-state index contributed by atoms with van der Waals surface area (Å²) in [6.07, 6.45) is 0. The van der Waals surface area contributed by atoms with E-state index < -0.39 is 5.92 Å². The number of hydrogen-bond donors (Lipinski definition) is 0. The molecule has 0 aliphatic carbocycles. The molecule has 3 aromatic rings. The zero-order valence-electron chi connectivity index (χ0n) is 11.6. The minimum atomic E-state index is -0.956. The Morgan fingerprint density at radius 1 is 0.909 bits per heavy atom. The molecular formula is C18H11N3O. The predicted molar refractivity (Wildman–Crippen MR) is 83.5 cm³/mol. The van der Waals surface area contributed by atoms with Crippen molar-refractivity contribution >= 4 is 10.9 Å². The van der Waals surface area contributed by atoms with Gasteiger partial charge in [0.25, 0.3) is 5.56 Å². The molecule has 0 spiro atoms. The number of pyridine rings is 1. The van der Waals surface area contributed by atoms with Crippen LogP contribution in [0.1, 0.15) is 11.5 Å². The number of benzene rings is 2. The van der Waals surface area contributed by atoms with E-state index in [4.69, 9.17) is 10.5 Å². The van der Waals surface area contributed by atoms with E-state index in [0.29, 0.717) is 11.1 Å². The van der Waals surface area contributed by atoms with Gasteiger partial charge < -0.3 is 0 Å². The van der Waals surface area contributed by atoms with Crippen LogP contribution in [0.3, 0.4) is 0 Å². The number of aromatic nitrogens is 1. The van der Waals surface area contributed by atoms with Gasteiger partial charge in [0.2, 0.25) is 0 Å². The molecule has 0 unspecified atom stereocenters. The van der Waals surface area contributed by atoms with E-state index in [1.807, 2.05) is 66.7 Å². The van der Waals surface area contributed by atoms with Gasteiger partial charge in [-0.3, -0.25) is 9.36 Å². The van der Waals surface area contributed by atoms with E-state index in [1.165, 1.54) is 6.07 Å². The maximum Gasteiger partial charge on any atom is 0.255 e. The summed E-state index contributed by atoms with van der Waals surface area (Å²) in [5.74, 6) is -0.956. The fraction of sp³-hybridized carbons (Fsp3) is 0.0556. The molecule has 2 aromatic carbocycles. The van der Waals surface area contributed by atoms with E-state index in [-0.39, 0.29) is 5.56 Å². The first kappa shape index (κ1) is 13.6. The Labute approximate surface area is 127 Å². The van der Waals surface area contributed by atoms with Crippen LogP contribution in [0.25, 0.3) is 16.6 Å². The molecule has 4 heteroatoms.